The molecule has 0 atom stereocenters. The van der Waals surface area contributed by atoms with Gasteiger partial charge in [0, 0.05) is 0 Å². The molecule has 0 spiro atoms. The maximum Gasteiger partial charge on any atom is 2.00 e. The van der Waals surface area contributed by atoms with Crippen LogP contribution in [0.1, 0.15) is 12.8 Å². The van der Waals surface area contributed by atoms with Crippen LogP contribution in [0.3, 0.4) is 0 Å². The van der Waals surface area contributed by atoms with E-state index in [9.17, 15) is 0 Å². The van der Waals surface area contributed by atoms with Crippen molar-refractivity contribution in [3.63, 3.8) is 0 Å². The van der Waals surface area contributed by atoms with Crippen LogP contribution in [-0.4, -0.2) is 52.4 Å². The van der Waals surface area contributed by atoms with E-state index >= 15 is 0 Å². The summed E-state index contributed by atoms with van der Waals surface area (Å²) < 4.78 is 0. The fourth-order valence-corrected chi connectivity index (χ4v) is 1.32. The SMILES string of the molecule is C1C[N-]CC[N-]CCC[N-]CC[N-]C1.[Zn+2].[Zn+2]. The molecule has 84 valence electrons. The molecule has 0 aromatic rings. The Hall–Kier alpha value is 1.09. The standard InChI is InChI=1S/C10H20N4.2Zn/c1-3-11-7-9-13-5-2-6-14-10-8-12-4-1;;/h1-10H2;;/q-4;2*+2. The van der Waals surface area contributed by atoms with Crippen molar-refractivity contribution in [2.45, 2.75) is 12.8 Å². The number of hydrogen-bond acceptors (Lipinski definition) is 0. The second-order valence-electron chi connectivity index (χ2n) is 3.39. The van der Waals surface area contributed by atoms with Crippen LogP contribution in [-0.2, 0) is 39.0 Å². The maximum atomic E-state index is 4.38. The fraction of sp³-hybridized carbons (Fsp3) is 1.00. The smallest absolute Gasteiger partial charge is 0.664 e. The molecule has 1 fully saturated rings. The molecule has 1 aliphatic heterocycles. The zero-order chi connectivity index (χ0) is 9.90. The quantitative estimate of drug-likeness (QED) is 0.613. The van der Waals surface area contributed by atoms with Gasteiger partial charge in [-0.15, -0.1) is 0 Å². The van der Waals surface area contributed by atoms with E-state index in [2.05, 4.69) is 21.3 Å². The predicted molar refractivity (Wildman–Crippen MR) is 61.6 cm³/mol. The Labute approximate surface area is 125 Å². The van der Waals surface area contributed by atoms with Crippen molar-refractivity contribution in [2.24, 2.45) is 0 Å². The van der Waals surface area contributed by atoms with Gasteiger partial charge in [-0.3, -0.25) is 0 Å². The van der Waals surface area contributed by atoms with E-state index in [4.69, 9.17) is 0 Å². The van der Waals surface area contributed by atoms with E-state index in [0.29, 0.717) is 0 Å². The molecule has 0 saturated carbocycles. The van der Waals surface area contributed by atoms with Crippen LogP contribution in [0.5, 0.6) is 0 Å². The van der Waals surface area contributed by atoms with Crippen molar-refractivity contribution >= 4 is 0 Å². The molecule has 0 unspecified atom stereocenters. The number of nitrogens with zero attached hydrogens (tertiary/aromatic N) is 4. The van der Waals surface area contributed by atoms with Crippen molar-refractivity contribution in [1.29, 1.82) is 0 Å². The second kappa shape index (κ2) is 16.1. The third-order valence-corrected chi connectivity index (χ3v) is 2.10. The van der Waals surface area contributed by atoms with Crippen LogP contribution >= 0.6 is 0 Å². The first-order chi connectivity index (χ1) is 7.00. The Morgan fingerprint density at radius 1 is 0.375 bits per heavy atom. The van der Waals surface area contributed by atoms with Gasteiger partial charge in [0.25, 0.3) is 0 Å². The summed E-state index contributed by atoms with van der Waals surface area (Å²) in [5.74, 6) is 0. The summed E-state index contributed by atoms with van der Waals surface area (Å²) in [6.45, 7) is 7.31. The Morgan fingerprint density at radius 3 is 0.875 bits per heavy atom. The summed E-state index contributed by atoms with van der Waals surface area (Å²) in [5.41, 5.74) is 0. The van der Waals surface area contributed by atoms with Crippen LogP contribution in [0.25, 0.3) is 21.3 Å². The maximum absolute atomic E-state index is 4.38. The summed E-state index contributed by atoms with van der Waals surface area (Å²) >= 11 is 0. The number of hydrogen-bond donors (Lipinski definition) is 0. The van der Waals surface area contributed by atoms with Crippen molar-refractivity contribution < 1.29 is 39.0 Å². The minimum Gasteiger partial charge on any atom is -0.664 e. The fourth-order valence-electron chi connectivity index (χ4n) is 1.32. The van der Waals surface area contributed by atoms with E-state index in [1.807, 2.05) is 0 Å². The molecule has 1 aliphatic rings. The Bertz CT molecular complexity index is 74.1. The minimum absolute atomic E-state index is 0. The summed E-state index contributed by atoms with van der Waals surface area (Å²) in [6.07, 6.45) is 2.17. The molecule has 16 heavy (non-hydrogen) atoms. The van der Waals surface area contributed by atoms with E-state index in [1.165, 1.54) is 0 Å². The first kappa shape index (κ1) is 19.4. The van der Waals surface area contributed by atoms with E-state index in [1.54, 1.807) is 0 Å². The van der Waals surface area contributed by atoms with Crippen LogP contribution < -0.4 is 0 Å². The first-order valence-corrected chi connectivity index (χ1v) is 5.53. The molecular weight excluding hydrogens is 307 g/mol. The predicted octanol–water partition coefficient (Wildman–Crippen LogP) is 2.27. The Balaban J connectivity index is 0. The molecule has 1 saturated heterocycles. The topological polar surface area (TPSA) is 56.4 Å². The van der Waals surface area contributed by atoms with E-state index in [-0.39, 0.29) is 39.0 Å². The Kier molecular flexibility index (Phi) is 19.5. The molecule has 0 aliphatic carbocycles. The molecule has 0 aromatic carbocycles. The average molecular weight is 327 g/mol. The molecule has 0 bridgehead atoms. The third-order valence-electron chi connectivity index (χ3n) is 2.10. The van der Waals surface area contributed by atoms with Gasteiger partial charge in [0.15, 0.2) is 0 Å². The van der Waals surface area contributed by atoms with Gasteiger partial charge in [-0.1, -0.05) is 12.8 Å². The molecule has 0 N–H and O–H groups in total. The zero-order valence-corrected chi connectivity index (χ0v) is 16.2. The van der Waals surface area contributed by atoms with Gasteiger partial charge in [0.05, 0.1) is 0 Å². The monoisotopic (exact) mass is 324 g/mol. The number of rotatable bonds is 0. The zero-order valence-electron chi connectivity index (χ0n) is 10.3. The normalized spacial score (nSPS) is 21.0. The molecule has 1 rings (SSSR count). The molecular formula is C10H20N4Zn2. The van der Waals surface area contributed by atoms with Crippen molar-refractivity contribution in [1.82, 2.24) is 0 Å². The molecule has 0 aromatic heterocycles. The summed E-state index contributed by atoms with van der Waals surface area (Å²) in [4.78, 5) is 0. The van der Waals surface area contributed by atoms with E-state index in [0.717, 1.165) is 65.2 Å². The van der Waals surface area contributed by atoms with Gasteiger partial charge >= 0.3 is 39.0 Å². The van der Waals surface area contributed by atoms with Crippen molar-refractivity contribution in [2.75, 3.05) is 52.4 Å². The second-order valence-corrected chi connectivity index (χ2v) is 3.39. The van der Waals surface area contributed by atoms with Crippen LogP contribution in [0.2, 0.25) is 0 Å². The molecule has 1 heterocycles. The van der Waals surface area contributed by atoms with Gasteiger partial charge in [0.2, 0.25) is 0 Å². The van der Waals surface area contributed by atoms with Crippen molar-refractivity contribution in [3.8, 4) is 0 Å². The summed E-state index contributed by atoms with van der Waals surface area (Å²) in [6, 6.07) is 0. The van der Waals surface area contributed by atoms with Gasteiger partial charge < -0.3 is 21.3 Å². The third kappa shape index (κ3) is 13.2. The van der Waals surface area contributed by atoms with Gasteiger partial charge in [0.1, 0.15) is 0 Å². The van der Waals surface area contributed by atoms with Gasteiger partial charge in [-0.25, -0.2) is 0 Å². The molecule has 4 nitrogen and oxygen atoms in total. The van der Waals surface area contributed by atoms with E-state index < -0.39 is 0 Å². The molecule has 6 heteroatoms. The Morgan fingerprint density at radius 2 is 0.625 bits per heavy atom. The van der Waals surface area contributed by atoms with Gasteiger partial charge in [-0.2, -0.15) is 52.4 Å². The van der Waals surface area contributed by atoms with Crippen LogP contribution in [0.15, 0.2) is 0 Å². The van der Waals surface area contributed by atoms with Crippen LogP contribution in [0.4, 0.5) is 0 Å². The van der Waals surface area contributed by atoms with Crippen molar-refractivity contribution in [3.05, 3.63) is 21.3 Å². The largest absolute Gasteiger partial charge is 2.00 e. The van der Waals surface area contributed by atoms with Crippen LogP contribution in [0, 0.1) is 0 Å². The molecule has 0 amide bonds. The van der Waals surface area contributed by atoms with Gasteiger partial charge in [-0.05, 0) is 0 Å². The minimum atomic E-state index is 0. The molecule has 0 radical (unpaired) electrons. The first-order valence-electron chi connectivity index (χ1n) is 5.53. The summed E-state index contributed by atoms with van der Waals surface area (Å²) in [5, 5.41) is 17.5. The summed E-state index contributed by atoms with van der Waals surface area (Å²) in [7, 11) is 0. The average Bonchev–Trinajstić information content (AvgIpc) is 2.22.